The van der Waals surface area contributed by atoms with E-state index >= 15 is 0 Å². The molecule has 0 aliphatic rings. The molecule has 0 aliphatic carbocycles. The van der Waals surface area contributed by atoms with Crippen molar-refractivity contribution in [1.82, 2.24) is 15.3 Å². The van der Waals surface area contributed by atoms with Gasteiger partial charge in [0.15, 0.2) is 0 Å². The van der Waals surface area contributed by atoms with Crippen LogP contribution in [-0.2, 0) is 0 Å². The molecule has 5 heteroatoms. The highest BCUT2D eigenvalue weighted by Gasteiger charge is 2.12. The van der Waals surface area contributed by atoms with Gasteiger partial charge in [0, 0.05) is 25.8 Å². The van der Waals surface area contributed by atoms with E-state index in [0.29, 0.717) is 18.2 Å². The zero-order chi connectivity index (χ0) is 15.5. The molecule has 0 bridgehead atoms. The summed E-state index contributed by atoms with van der Waals surface area (Å²) in [6, 6.07) is 1.68. The third-order valence-electron chi connectivity index (χ3n) is 3.21. The third-order valence-corrected chi connectivity index (χ3v) is 3.21. The molecule has 0 fully saturated rings. The van der Waals surface area contributed by atoms with E-state index in [0.717, 1.165) is 45.2 Å². The Labute approximate surface area is 128 Å². The number of hydrogen-bond acceptors (Lipinski definition) is 4. The molecule has 0 saturated heterocycles. The lowest BCUT2D eigenvalue weighted by atomic mass is 10.2. The molecule has 1 amide bonds. The smallest absolute Gasteiger partial charge is 0.270 e. The Morgan fingerprint density at radius 3 is 2.48 bits per heavy atom. The van der Waals surface area contributed by atoms with Crippen molar-refractivity contribution in [2.45, 2.75) is 52.9 Å². The molecule has 1 aromatic rings. The minimum absolute atomic E-state index is 0.109. The van der Waals surface area contributed by atoms with Crippen LogP contribution in [0.2, 0.25) is 0 Å². The second-order valence-electron chi connectivity index (χ2n) is 5.19. The van der Waals surface area contributed by atoms with E-state index in [2.05, 4.69) is 41.0 Å². The Kier molecular flexibility index (Phi) is 8.40. The van der Waals surface area contributed by atoms with Crippen molar-refractivity contribution in [3.05, 3.63) is 18.0 Å². The summed E-state index contributed by atoms with van der Waals surface area (Å²) in [5, 5.41) is 2.92. The molecule has 0 aromatic carbocycles. The lowest BCUT2D eigenvalue weighted by molar-refractivity contribution is 0.0948. The highest BCUT2D eigenvalue weighted by atomic mass is 16.1. The Hall–Kier alpha value is -1.65. The van der Waals surface area contributed by atoms with Gasteiger partial charge in [-0.1, -0.05) is 33.6 Å². The molecular weight excluding hydrogens is 264 g/mol. The average molecular weight is 292 g/mol. The van der Waals surface area contributed by atoms with Crippen molar-refractivity contribution in [1.29, 1.82) is 0 Å². The minimum atomic E-state index is -0.109. The molecule has 1 aromatic heterocycles. The second-order valence-corrected chi connectivity index (χ2v) is 5.19. The highest BCUT2D eigenvalue weighted by molar-refractivity contribution is 5.92. The van der Waals surface area contributed by atoms with Gasteiger partial charge in [-0.15, -0.1) is 0 Å². The summed E-state index contributed by atoms with van der Waals surface area (Å²) in [5.74, 6) is 0.544. The topological polar surface area (TPSA) is 58.1 Å². The minimum Gasteiger partial charge on any atom is -0.351 e. The summed E-state index contributed by atoms with van der Waals surface area (Å²) >= 11 is 0. The fraction of sp³-hybridized carbons (Fsp3) is 0.688. The van der Waals surface area contributed by atoms with Gasteiger partial charge in [-0.3, -0.25) is 4.79 Å². The van der Waals surface area contributed by atoms with E-state index in [1.807, 2.05) is 0 Å². The van der Waals surface area contributed by atoms with Crippen LogP contribution in [0.5, 0.6) is 0 Å². The number of amides is 1. The van der Waals surface area contributed by atoms with E-state index in [9.17, 15) is 4.79 Å². The number of nitrogens with zero attached hydrogens (tertiary/aromatic N) is 3. The molecule has 0 atom stereocenters. The number of aromatic nitrogens is 2. The molecule has 5 nitrogen and oxygen atoms in total. The molecule has 1 rings (SSSR count). The van der Waals surface area contributed by atoms with Crippen molar-refractivity contribution in [3.8, 4) is 0 Å². The van der Waals surface area contributed by atoms with Crippen LogP contribution in [-0.4, -0.2) is 35.5 Å². The van der Waals surface area contributed by atoms with E-state index in [4.69, 9.17) is 0 Å². The zero-order valence-corrected chi connectivity index (χ0v) is 13.6. The number of unbranched alkanes of at least 4 members (excludes halogenated alkanes) is 2. The van der Waals surface area contributed by atoms with Gasteiger partial charge in [0.05, 0.1) is 0 Å². The maximum absolute atomic E-state index is 12.1. The number of rotatable bonds is 10. The molecule has 21 heavy (non-hydrogen) atoms. The van der Waals surface area contributed by atoms with Gasteiger partial charge < -0.3 is 10.2 Å². The number of anilines is 1. The summed E-state index contributed by atoms with van der Waals surface area (Å²) in [4.78, 5) is 22.9. The van der Waals surface area contributed by atoms with Gasteiger partial charge >= 0.3 is 0 Å². The largest absolute Gasteiger partial charge is 0.351 e. The van der Waals surface area contributed by atoms with E-state index in [1.54, 1.807) is 12.3 Å². The first kappa shape index (κ1) is 17.4. The van der Waals surface area contributed by atoms with Crippen molar-refractivity contribution in [2.75, 3.05) is 24.5 Å². The average Bonchev–Trinajstić information content (AvgIpc) is 2.51. The normalized spacial score (nSPS) is 10.4. The summed E-state index contributed by atoms with van der Waals surface area (Å²) in [7, 11) is 0. The van der Waals surface area contributed by atoms with Crippen LogP contribution in [0.3, 0.4) is 0 Å². The van der Waals surface area contributed by atoms with Crippen LogP contribution in [0.1, 0.15) is 63.4 Å². The maximum Gasteiger partial charge on any atom is 0.270 e. The first-order valence-corrected chi connectivity index (χ1v) is 8.09. The summed E-state index contributed by atoms with van der Waals surface area (Å²) in [6.07, 6.45) is 7.04. The molecule has 118 valence electrons. The monoisotopic (exact) mass is 292 g/mol. The van der Waals surface area contributed by atoms with Crippen LogP contribution in [0.15, 0.2) is 12.3 Å². The van der Waals surface area contributed by atoms with Crippen LogP contribution in [0, 0.1) is 0 Å². The summed E-state index contributed by atoms with van der Waals surface area (Å²) in [5.41, 5.74) is 0.453. The number of hydrogen-bond donors (Lipinski definition) is 1. The SMILES string of the molecule is CCCCCNC(=O)c1ccnc(N(CCC)CCC)n1. The number of carbonyl (C=O) groups excluding carboxylic acids is 1. The van der Waals surface area contributed by atoms with Gasteiger partial charge in [0.2, 0.25) is 5.95 Å². The van der Waals surface area contributed by atoms with Crippen LogP contribution >= 0.6 is 0 Å². The lowest BCUT2D eigenvalue weighted by Crippen LogP contribution is -2.29. The highest BCUT2D eigenvalue weighted by Crippen LogP contribution is 2.09. The van der Waals surface area contributed by atoms with Crippen LogP contribution in [0.25, 0.3) is 0 Å². The zero-order valence-electron chi connectivity index (χ0n) is 13.6. The first-order chi connectivity index (χ1) is 10.2. The predicted molar refractivity (Wildman–Crippen MR) is 86.7 cm³/mol. The second kappa shape index (κ2) is 10.1. The van der Waals surface area contributed by atoms with E-state index < -0.39 is 0 Å². The van der Waals surface area contributed by atoms with Gasteiger partial charge in [-0.25, -0.2) is 9.97 Å². The summed E-state index contributed by atoms with van der Waals surface area (Å²) in [6.45, 7) is 8.94. The molecule has 0 aliphatic heterocycles. The number of carbonyl (C=O) groups is 1. The molecule has 1 N–H and O–H groups in total. The standard InChI is InChI=1S/C16H28N4O/c1-4-7-8-10-17-15(21)14-9-11-18-16(19-14)20(12-5-2)13-6-3/h9,11H,4-8,10,12-13H2,1-3H3,(H,17,21). The fourth-order valence-electron chi connectivity index (χ4n) is 2.15. The predicted octanol–water partition coefficient (Wildman–Crippen LogP) is 3.02. The van der Waals surface area contributed by atoms with Crippen LogP contribution in [0.4, 0.5) is 5.95 Å². The van der Waals surface area contributed by atoms with Gasteiger partial charge in [-0.05, 0) is 25.3 Å². The Morgan fingerprint density at radius 2 is 1.86 bits per heavy atom. The molecule has 0 radical (unpaired) electrons. The van der Waals surface area contributed by atoms with E-state index in [-0.39, 0.29) is 5.91 Å². The van der Waals surface area contributed by atoms with E-state index in [1.165, 1.54) is 0 Å². The molecule has 0 unspecified atom stereocenters. The van der Waals surface area contributed by atoms with Crippen molar-refractivity contribution in [2.24, 2.45) is 0 Å². The molecule has 0 spiro atoms. The van der Waals surface area contributed by atoms with Crippen molar-refractivity contribution >= 4 is 11.9 Å². The molecular formula is C16H28N4O. The summed E-state index contributed by atoms with van der Waals surface area (Å²) < 4.78 is 0. The Morgan fingerprint density at radius 1 is 1.14 bits per heavy atom. The quantitative estimate of drug-likeness (QED) is 0.673. The maximum atomic E-state index is 12.1. The lowest BCUT2D eigenvalue weighted by Gasteiger charge is -2.21. The third kappa shape index (κ3) is 6.10. The molecule has 1 heterocycles. The Balaban J connectivity index is 2.67. The van der Waals surface area contributed by atoms with Gasteiger partial charge in [-0.2, -0.15) is 0 Å². The van der Waals surface area contributed by atoms with Gasteiger partial charge in [0.1, 0.15) is 5.69 Å². The fourth-order valence-corrected chi connectivity index (χ4v) is 2.15. The van der Waals surface area contributed by atoms with Crippen molar-refractivity contribution in [3.63, 3.8) is 0 Å². The van der Waals surface area contributed by atoms with Crippen molar-refractivity contribution < 1.29 is 4.79 Å². The Bertz CT molecular complexity index is 416. The molecule has 0 saturated carbocycles. The first-order valence-electron chi connectivity index (χ1n) is 8.09. The number of nitrogens with one attached hydrogen (secondary N) is 1. The van der Waals surface area contributed by atoms with Gasteiger partial charge in [0.25, 0.3) is 5.91 Å². The van der Waals surface area contributed by atoms with Crippen LogP contribution < -0.4 is 10.2 Å².